The van der Waals surface area contributed by atoms with E-state index in [0.29, 0.717) is 5.56 Å². The van der Waals surface area contributed by atoms with E-state index in [-0.39, 0.29) is 33.6 Å². The number of nitrogens with one attached hydrogen (secondary N) is 1. The number of aromatic nitrogens is 2. The summed E-state index contributed by atoms with van der Waals surface area (Å²) in [5, 5.41) is 14.4. The smallest absolute Gasteiger partial charge is 0.273 e. The van der Waals surface area contributed by atoms with Crippen molar-refractivity contribution in [3.63, 3.8) is 0 Å². The summed E-state index contributed by atoms with van der Waals surface area (Å²) in [4.78, 5) is 27.5. The van der Waals surface area contributed by atoms with Gasteiger partial charge in [0.05, 0.1) is 28.9 Å². The number of hydrogen-bond donors (Lipinski definition) is 1. The van der Waals surface area contributed by atoms with Crippen LogP contribution in [0.5, 0.6) is 5.75 Å². The molecule has 202 valence electrons. The first kappa shape index (κ1) is 27.6. The Hall–Kier alpha value is -4.42. The number of sulfonamides is 1. The zero-order valence-corrected chi connectivity index (χ0v) is 22.5. The Kier molecular flexibility index (Phi) is 8.17. The lowest BCUT2D eigenvalue weighted by molar-refractivity contribution is -0.385. The number of ether oxygens (including phenoxy) is 1. The predicted molar refractivity (Wildman–Crippen MR) is 146 cm³/mol. The average molecular weight is 570 g/mol. The number of anilines is 1. The van der Waals surface area contributed by atoms with Crippen molar-refractivity contribution in [3.8, 4) is 11.4 Å². The predicted octanol–water partition coefficient (Wildman–Crippen LogP) is 4.26. The topological polar surface area (TPSA) is 137 Å². The van der Waals surface area contributed by atoms with Crippen LogP contribution in [0.1, 0.15) is 11.1 Å². The third kappa shape index (κ3) is 6.19. The zero-order chi connectivity index (χ0) is 28.2. The Morgan fingerprint density at radius 1 is 1.15 bits per heavy atom. The molecule has 0 bridgehead atoms. The van der Waals surface area contributed by atoms with Crippen LogP contribution in [-0.4, -0.2) is 42.5 Å². The maximum Gasteiger partial charge on any atom is 0.273 e. The number of carbonyl (C=O) groups is 1. The van der Waals surface area contributed by atoms with E-state index in [1.165, 1.54) is 44.4 Å². The van der Waals surface area contributed by atoms with Crippen LogP contribution in [0.15, 0.2) is 84.3 Å². The molecule has 3 aromatic carbocycles. The number of rotatable bonds is 10. The first-order valence-electron chi connectivity index (χ1n) is 11.6. The van der Waals surface area contributed by atoms with Crippen LogP contribution >= 0.6 is 11.6 Å². The Bertz CT molecular complexity index is 1610. The second kappa shape index (κ2) is 11.5. The molecular formula is C26H24ClN5O6S. The van der Waals surface area contributed by atoms with Crippen molar-refractivity contribution in [1.29, 1.82) is 0 Å². The second-order valence-electron chi connectivity index (χ2n) is 8.45. The quantitative estimate of drug-likeness (QED) is 0.222. The Morgan fingerprint density at radius 3 is 2.54 bits per heavy atom. The molecule has 4 rings (SSSR count). The first-order valence-corrected chi connectivity index (χ1v) is 13.4. The molecule has 0 atom stereocenters. The van der Waals surface area contributed by atoms with E-state index in [1.807, 2.05) is 28.8 Å². The molecule has 11 nitrogen and oxygen atoms in total. The molecule has 0 spiro atoms. The van der Waals surface area contributed by atoms with E-state index >= 15 is 0 Å². The minimum Gasteiger partial charge on any atom is -0.495 e. The molecule has 39 heavy (non-hydrogen) atoms. The molecule has 0 aliphatic rings. The van der Waals surface area contributed by atoms with Gasteiger partial charge in [-0.25, -0.2) is 13.4 Å². The molecule has 1 amide bonds. The van der Waals surface area contributed by atoms with Crippen molar-refractivity contribution in [2.24, 2.45) is 0 Å². The van der Waals surface area contributed by atoms with Gasteiger partial charge in [0.25, 0.3) is 15.7 Å². The Labute approximate surface area is 229 Å². The van der Waals surface area contributed by atoms with E-state index in [4.69, 9.17) is 16.3 Å². The number of aryl methyl sites for hydroxylation is 1. The fraction of sp³-hybridized carbons (Fsp3) is 0.154. The Balaban J connectivity index is 1.62. The van der Waals surface area contributed by atoms with Crippen molar-refractivity contribution >= 4 is 38.9 Å². The highest BCUT2D eigenvalue weighted by molar-refractivity contribution is 7.92. The molecule has 0 fully saturated rings. The molecule has 1 N–H and O–H groups in total. The number of nitrogens with zero attached hydrogens (tertiary/aromatic N) is 4. The molecule has 0 radical (unpaired) electrons. The third-order valence-corrected chi connectivity index (χ3v) is 7.88. The molecular weight excluding hydrogens is 546 g/mol. The number of halogens is 1. The average Bonchev–Trinajstić information content (AvgIpc) is 3.46. The number of imidazole rings is 1. The van der Waals surface area contributed by atoms with Crippen molar-refractivity contribution in [3.05, 3.63) is 106 Å². The molecule has 0 saturated carbocycles. The highest BCUT2D eigenvalue weighted by Gasteiger charge is 2.31. The van der Waals surface area contributed by atoms with Gasteiger partial charge in [0.15, 0.2) is 0 Å². The lowest BCUT2D eigenvalue weighted by Crippen LogP contribution is -2.41. The number of nitro groups is 1. The molecule has 0 aliphatic carbocycles. The van der Waals surface area contributed by atoms with Gasteiger partial charge in [0.2, 0.25) is 5.91 Å². The van der Waals surface area contributed by atoms with Gasteiger partial charge in [-0.2, -0.15) is 0 Å². The zero-order valence-electron chi connectivity index (χ0n) is 20.9. The van der Waals surface area contributed by atoms with E-state index in [1.54, 1.807) is 18.7 Å². The van der Waals surface area contributed by atoms with Crippen LogP contribution in [0.4, 0.5) is 11.4 Å². The molecule has 1 heterocycles. The molecule has 0 saturated heterocycles. The standard InChI is InChI=1S/C26H24ClN5O6S/c1-18-3-9-22(14-23(18)32(34)35)39(36,37)31(24-13-20(27)6-10-25(24)38-2)16-26(33)29-15-19-4-7-21(8-5-19)30-12-11-28-17-30/h3-14,17H,15-16H2,1-2H3,(H,29,33). The van der Waals surface area contributed by atoms with Crippen LogP contribution in [0.25, 0.3) is 5.69 Å². The fourth-order valence-electron chi connectivity index (χ4n) is 3.82. The summed E-state index contributed by atoms with van der Waals surface area (Å²) in [6.45, 7) is 1.01. The van der Waals surface area contributed by atoms with Gasteiger partial charge in [0.1, 0.15) is 12.3 Å². The maximum atomic E-state index is 13.8. The minimum absolute atomic E-state index is 0.00747. The van der Waals surface area contributed by atoms with Crippen LogP contribution in [0.2, 0.25) is 5.02 Å². The molecule has 0 unspecified atom stereocenters. The number of benzene rings is 3. The van der Waals surface area contributed by atoms with Gasteiger partial charge < -0.3 is 14.6 Å². The second-order valence-corrected chi connectivity index (χ2v) is 10.7. The summed E-state index contributed by atoms with van der Waals surface area (Å²) < 4.78 is 35.5. The van der Waals surface area contributed by atoms with Gasteiger partial charge in [-0.1, -0.05) is 29.8 Å². The fourth-order valence-corrected chi connectivity index (χ4v) is 5.43. The lowest BCUT2D eigenvalue weighted by atomic mass is 10.2. The van der Waals surface area contributed by atoms with Gasteiger partial charge >= 0.3 is 0 Å². The highest BCUT2D eigenvalue weighted by Crippen LogP contribution is 2.35. The van der Waals surface area contributed by atoms with Crippen molar-refractivity contribution in [2.45, 2.75) is 18.4 Å². The van der Waals surface area contributed by atoms with Gasteiger partial charge in [-0.3, -0.25) is 19.2 Å². The summed E-state index contributed by atoms with van der Waals surface area (Å²) in [5.74, 6) is -0.464. The largest absolute Gasteiger partial charge is 0.495 e. The van der Waals surface area contributed by atoms with Crippen molar-refractivity contribution in [2.75, 3.05) is 18.0 Å². The first-order chi connectivity index (χ1) is 18.6. The SMILES string of the molecule is COc1ccc(Cl)cc1N(CC(=O)NCc1ccc(-n2ccnc2)cc1)S(=O)(=O)c1ccc(C)c([N+](=O)[O-])c1. The number of nitro benzene ring substituents is 1. The molecule has 1 aromatic heterocycles. The third-order valence-electron chi connectivity index (χ3n) is 5.89. The Morgan fingerprint density at radius 2 is 1.90 bits per heavy atom. The molecule has 0 aliphatic heterocycles. The lowest BCUT2D eigenvalue weighted by Gasteiger charge is -2.26. The van der Waals surface area contributed by atoms with Crippen LogP contribution < -0.4 is 14.4 Å². The van der Waals surface area contributed by atoms with E-state index in [2.05, 4.69) is 10.3 Å². The summed E-state index contributed by atoms with van der Waals surface area (Å²) in [6, 6.07) is 15.3. The molecule has 4 aromatic rings. The summed E-state index contributed by atoms with van der Waals surface area (Å²) >= 11 is 6.16. The highest BCUT2D eigenvalue weighted by atomic mass is 35.5. The minimum atomic E-state index is -4.46. The van der Waals surface area contributed by atoms with Gasteiger partial charge in [0, 0.05) is 41.3 Å². The number of methoxy groups -OCH3 is 1. The number of hydrogen-bond acceptors (Lipinski definition) is 7. The van der Waals surface area contributed by atoms with Crippen molar-refractivity contribution in [1.82, 2.24) is 14.9 Å². The van der Waals surface area contributed by atoms with E-state index in [9.17, 15) is 23.3 Å². The van der Waals surface area contributed by atoms with Crippen LogP contribution in [0, 0.1) is 17.0 Å². The van der Waals surface area contributed by atoms with Crippen LogP contribution in [0.3, 0.4) is 0 Å². The number of carbonyl (C=O) groups excluding carboxylic acids is 1. The maximum absolute atomic E-state index is 13.8. The molecule has 13 heteroatoms. The normalized spacial score (nSPS) is 11.2. The summed E-state index contributed by atoms with van der Waals surface area (Å²) in [6.07, 6.45) is 5.13. The number of amides is 1. The van der Waals surface area contributed by atoms with Gasteiger partial charge in [-0.15, -0.1) is 0 Å². The van der Waals surface area contributed by atoms with E-state index in [0.717, 1.165) is 21.6 Å². The van der Waals surface area contributed by atoms with E-state index < -0.39 is 27.4 Å². The summed E-state index contributed by atoms with van der Waals surface area (Å²) in [7, 11) is -3.12. The van der Waals surface area contributed by atoms with Crippen molar-refractivity contribution < 1.29 is 22.9 Å². The monoisotopic (exact) mass is 569 g/mol. The summed E-state index contributed by atoms with van der Waals surface area (Å²) in [5.41, 5.74) is 1.62. The van der Waals surface area contributed by atoms with Crippen LogP contribution in [-0.2, 0) is 21.4 Å². The van der Waals surface area contributed by atoms with Gasteiger partial charge in [-0.05, 0) is 48.9 Å².